The lowest BCUT2D eigenvalue weighted by Gasteiger charge is -2.19. The average Bonchev–Trinajstić information content (AvgIpc) is 3.31. The maximum absolute atomic E-state index is 13.6. The second kappa shape index (κ2) is 13.7. The highest BCUT2D eigenvalue weighted by atomic mass is 16.5. The zero-order chi connectivity index (χ0) is 32.1. The van der Waals surface area contributed by atoms with Crippen LogP contribution in [0.2, 0.25) is 0 Å². The number of pyridine rings is 1. The van der Waals surface area contributed by atoms with E-state index in [1.165, 1.54) is 20.1 Å². The number of anilines is 1. The summed E-state index contributed by atoms with van der Waals surface area (Å²) in [5.41, 5.74) is 3.76. The molecule has 0 spiro atoms. The minimum Gasteiger partial charge on any atom is -0.493 e. The second-order valence-corrected chi connectivity index (χ2v) is 10.9. The van der Waals surface area contributed by atoms with E-state index in [0.717, 1.165) is 22.6 Å². The van der Waals surface area contributed by atoms with E-state index in [-0.39, 0.29) is 22.9 Å². The molecular formula is C33H38N6O6. The van der Waals surface area contributed by atoms with Crippen molar-refractivity contribution in [2.45, 2.75) is 51.6 Å². The molecule has 2 heterocycles. The Balaban J connectivity index is 1.39. The van der Waals surface area contributed by atoms with Gasteiger partial charge in [-0.1, -0.05) is 12.1 Å². The van der Waals surface area contributed by atoms with Crippen LogP contribution in [0.3, 0.4) is 0 Å². The fraction of sp³-hybridized carbons (Fsp3) is 0.364. The molecule has 0 saturated carbocycles. The molecule has 3 N–H and O–H groups in total. The standard InChI is InChI=1S/C33H38N6O6/c1-19(33(42)34-15-8-10-29-38-37-28-9-6-7-16-39(28)29)35-25-14-12-22-23(18-26(25)41)24(36-20(2)40)13-11-21-17-27(43-3)31(44-4)32(45-5)30(21)22/h6-7,9,12,14,16-19,24H,8,10-11,13,15H2,1-5H3,(H,34,42)(H,35,41)(H,36,40). The minimum absolute atomic E-state index is 0.209. The highest BCUT2D eigenvalue weighted by molar-refractivity contribution is 5.85. The normalized spacial score (nSPS) is 14.4. The molecule has 2 amide bonds. The molecule has 2 aromatic carbocycles. The van der Waals surface area contributed by atoms with Gasteiger partial charge in [0.2, 0.25) is 23.0 Å². The topological polar surface area (TPSA) is 145 Å². The number of aromatic nitrogens is 3. The van der Waals surface area contributed by atoms with E-state index in [9.17, 15) is 14.4 Å². The van der Waals surface area contributed by atoms with Crippen LogP contribution in [-0.2, 0) is 22.4 Å². The van der Waals surface area contributed by atoms with Gasteiger partial charge in [0, 0.05) is 31.6 Å². The van der Waals surface area contributed by atoms with Crippen molar-refractivity contribution in [3.8, 4) is 28.4 Å². The number of methoxy groups -OCH3 is 3. The van der Waals surface area contributed by atoms with Gasteiger partial charge in [0.05, 0.1) is 33.1 Å². The highest BCUT2D eigenvalue weighted by Gasteiger charge is 2.29. The Morgan fingerprint density at radius 3 is 2.58 bits per heavy atom. The Morgan fingerprint density at radius 1 is 1.04 bits per heavy atom. The van der Waals surface area contributed by atoms with Gasteiger partial charge in [-0.25, -0.2) is 0 Å². The van der Waals surface area contributed by atoms with E-state index >= 15 is 0 Å². The van der Waals surface area contributed by atoms with Crippen LogP contribution >= 0.6 is 0 Å². The molecular weight excluding hydrogens is 576 g/mol. The molecule has 2 atom stereocenters. The summed E-state index contributed by atoms with van der Waals surface area (Å²) in [6.07, 6.45) is 4.38. The van der Waals surface area contributed by atoms with Crippen LogP contribution < -0.4 is 35.6 Å². The number of nitrogens with zero attached hydrogens (tertiary/aromatic N) is 3. The van der Waals surface area contributed by atoms with E-state index in [0.29, 0.717) is 60.6 Å². The van der Waals surface area contributed by atoms with Crippen LogP contribution in [0.15, 0.2) is 53.5 Å². The van der Waals surface area contributed by atoms with Crippen molar-refractivity contribution >= 4 is 23.1 Å². The summed E-state index contributed by atoms with van der Waals surface area (Å²) in [6, 6.07) is 11.5. The summed E-state index contributed by atoms with van der Waals surface area (Å²) in [7, 11) is 4.65. The quantitative estimate of drug-likeness (QED) is 0.216. The number of aryl methyl sites for hydroxylation is 2. The first-order chi connectivity index (χ1) is 21.7. The van der Waals surface area contributed by atoms with Crippen LogP contribution in [0.5, 0.6) is 17.2 Å². The van der Waals surface area contributed by atoms with Gasteiger partial charge in [-0.15, -0.1) is 10.2 Å². The van der Waals surface area contributed by atoms with Gasteiger partial charge in [-0.2, -0.15) is 0 Å². The van der Waals surface area contributed by atoms with Crippen molar-refractivity contribution in [1.82, 2.24) is 25.2 Å². The molecule has 4 aromatic rings. The lowest BCUT2D eigenvalue weighted by atomic mass is 9.95. The number of nitrogens with one attached hydrogen (secondary N) is 3. The zero-order valence-corrected chi connectivity index (χ0v) is 26.1. The monoisotopic (exact) mass is 614 g/mol. The van der Waals surface area contributed by atoms with Gasteiger partial charge < -0.3 is 30.2 Å². The van der Waals surface area contributed by atoms with E-state index in [1.807, 2.05) is 40.9 Å². The first kappa shape index (κ1) is 31.3. The molecule has 0 aliphatic heterocycles. The average molecular weight is 615 g/mol. The molecule has 2 unspecified atom stereocenters. The smallest absolute Gasteiger partial charge is 0.242 e. The Bertz CT molecular complexity index is 1790. The number of rotatable bonds is 11. The van der Waals surface area contributed by atoms with Crippen LogP contribution in [0.25, 0.3) is 16.8 Å². The van der Waals surface area contributed by atoms with E-state index < -0.39 is 12.1 Å². The van der Waals surface area contributed by atoms with Crippen molar-refractivity contribution in [1.29, 1.82) is 0 Å². The largest absolute Gasteiger partial charge is 0.493 e. The molecule has 236 valence electrons. The van der Waals surface area contributed by atoms with Crippen molar-refractivity contribution in [2.75, 3.05) is 33.2 Å². The van der Waals surface area contributed by atoms with Gasteiger partial charge in [0.25, 0.3) is 0 Å². The number of ether oxygens (including phenoxy) is 3. The van der Waals surface area contributed by atoms with Gasteiger partial charge in [-0.3, -0.25) is 18.8 Å². The molecule has 12 nitrogen and oxygen atoms in total. The summed E-state index contributed by atoms with van der Waals surface area (Å²) >= 11 is 0. The molecule has 1 aliphatic carbocycles. The highest BCUT2D eigenvalue weighted by Crippen LogP contribution is 2.50. The fourth-order valence-electron chi connectivity index (χ4n) is 5.80. The van der Waals surface area contributed by atoms with Crippen LogP contribution in [0.4, 0.5) is 5.69 Å². The Morgan fingerprint density at radius 2 is 1.84 bits per heavy atom. The Hall–Kier alpha value is -5.13. The fourth-order valence-corrected chi connectivity index (χ4v) is 5.80. The molecule has 2 aromatic heterocycles. The molecule has 0 radical (unpaired) electrons. The molecule has 5 rings (SSSR count). The molecule has 45 heavy (non-hydrogen) atoms. The molecule has 12 heteroatoms. The summed E-state index contributed by atoms with van der Waals surface area (Å²) < 4.78 is 19.0. The lowest BCUT2D eigenvalue weighted by molar-refractivity contribution is -0.121. The van der Waals surface area contributed by atoms with Crippen molar-refractivity contribution < 1.29 is 23.8 Å². The van der Waals surface area contributed by atoms with Gasteiger partial charge >= 0.3 is 0 Å². The predicted molar refractivity (Wildman–Crippen MR) is 170 cm³/mol. The van der Waals surface area contributed by atoms with Crippen LogP contribution in [-0.4, -0.2) is 60.3 Å². The number of hydrogen-bond acceptors (Lipinski definition) is 9. The third-order valence-corrected chi connectivity index (χ3v) is 7.94. The number of benzene rings is 1. The van der Waals surface area contributed by atoms with E-state index in [4.69, 9.17) is 14.2 Å². The molecule has 0 bridgehead atoms. The van der Waals surface area contributed by atoms with Gasteiger partial charge in [0.15, 0.2) is 17.1 Å². The predicted octanol–water partition coefficient (Wildman–Crippen LogP) is 3.46. The van der Waals surface area contributed by atoms with Crippen molar-refractivity contribution in [3.05, 3.63) is 75.8 Å². The van der Waals surface area contributed by atoms with E-state index in [2.05, 4.69) is 26.1 Å². The van der Waals surface area contributed by atoms with Crippen molar-refractivity contribution in [2.24, 2.45) is 0 Å². The number of carbonyl (C=O) groups is 2. The van der Waals surface area contributed by atoms with Crippen molar-refractivity contribution in [3.63, 3.8) is 0 Å². The SMILES string of the molecule is COc1cc2c(c(OC)c1OC)-c1ccc(NC(C)C(=O)NCCCc3nnc4ccccn34)c(=O)cc1C(NC(C)=O)CC2. The first-order valence-corrected chi connectivity index (χ1v) is 14.9. The maximum atomic E-state index is 13.6. The van der Waals surface area contributed by atoms with Gasteiger partial charge in [0.1, 0.15) is 11.9 Å². The third-order valence-electron chi connectivity index (χ3n) is 7.94. The van der Waals surface area contributed by atoms with Crippen LogP contribution in [0, 0.1) is 0 Å². The summed E-state index contributed by atoms with van der Waals surface area (Å²) in [5, 5.41) is 17.4. The number of hydrogen-bond donors (Lipinski definition) is 3. The van der Waals surface area contributed by atoms with E-state index in [1.54, 1.807) is 27.2 Å². The lowest BCUT2D eigenvalue weighted by Crippen LogP contribution is -2.39. The summed E-state index contributed by atoms with van der Waals surface area (Å²) in [5.74, 6) is 1.79. The zero-order valence-electron chi connectivity index (χ0n) is 26.1. The Kier molecular flexibility index (Phi) is 9.50. The summed E-state index contributed by atoms with van der Waals surface area (Å²) in [4.78, 5) is 38.7. The number of carbonyl (C=O) groups excluding carboxylic acids is 2. The summed E-state index contributed by atoms with van der Waals surface area (Å²) in [6.45, 7) is 3.59. The number of fused-ring (bicyclic) bond motifs is 4. The first-order valence-electron chi connectivity index (χ1n) is 14.9. The second-order valence-electron chi connectivity index (χ2n) is 10.9. The molecule has 0 saturated heterocycles. The third kappa shape index (κ3) is 6.54. The molecule has 1 aliphatic rings. The maximum Gasteiger partial charge on any atom is 0.242 e. The number of amides is 2. The van der Waals surface area contributed by atoms with Gasteiger partial charge in [-0.05, 0) is 73.2 Å². The Labute approximate surface area is 261 Å². The minimum atomic E-state index is -0.689. The van der Waals surface area contributed by atoms with Crippen LogP contribution in [0.1, 0.15) is 49.7 Å². The molecule has 0 fully saturated rings.